The van der Waals surface area contributed by atoms with Crippen LogP contribution < -0.4 is 10.2 Å². The molecule has 0 spiro atoms. The van der Waals surface area contributed by atoms with E-state index >= 15 is 0 Å². The maximum Gasteiger partial charge on any atom is 0.255 e. The number of piperidine rings is 1. The molecule has 0 saturated carbocycles. The normalized spacial score (nSPS) is 20.6. The fourth-order valence-corrected chi connectivity index (χ4v) is 5.74. The number of nitrogens with zero attached hydrogens (tertiary/aromatic N) is 3. The summed E-state index contributed by atoms with van der Waals surface area (Å²) < 4.78 is 0. The molecular formula is C27H30Cl2N4O3. The molecule has 2 saturated heterocycles. The lowest BCUT2D eigenvalue weighted by molar-refractivity contribution is -0.136. The van der Waals surface area contributed by atoms with E-state index < -0.39 is 6.04 Å². The van der Waals surface area contributed by atoms with Crippen molar-refractivity contribution in [1.82, 2.24) is 15.1 Å². The molecule has 3 aliphatic rings. The Kier molecular flexibility index (Phi) is 7.51. The van der Waals surface area contributed by atoms with E-state index in [1.807, 2.05) is 30.3 Å². The molecule has 1 N–H and O–H groups in total. The van der Waals surface area contributed by atoms with E-state index in [4.69, 9.17) is 23.2 Å². The van der Waals surface area contributed by atoms with Gasteiger partial charge in [-0.05, 0) is 67.6 Å². The highest BCUT2D eigenvalue weighted by Crippen LogP contribution is 2.31. The minimum absolute atomic E-state index is 0.110. The van der Waals surface area contributed by atoms with Crippen molar-refractivity contribution >= 4 is 46.6 Å². The van der Waals surface area contributed by atoms with Crippen LogP contribution in [0.15, 0.2) is 36.4 Å². The molecule has 36 heavy (non-hydrogen) atoms. The monoisotopic (exact) mass is 528 g/mol. The Hall–Kier alpha value is -2.61. The molecule has 3 heterocycles. The zero-order chi connectivity index (χ0) is 25.2. The predicted octanol–water partition coefficient (Wildman–Crippen LogP) is 3.90. The average molecular weight is 529 g/mol. The summed E-state index contributed by atoms with van der Waals surface area (Å²) in [6, 6.07) is 11.1. The van der Waals surface area contributed by atoms with Gasteiger partial charge in [0.15, 0.2) is 0 Å². The lowest BCUT2D eigenvalue weighted by Crippen LogP contribution is -2.52. The highest BCUT2D eigenvalue weighted by Gasteiger charge is 2.39. The Morgan fingerprint density at radius 3 is 2.50 bits per heavy atom. The fraction of sp³-hybridized carbons (Fsp3) is 0.444. The Bertz CT molecular complexity index is 1180. The number of benzene rings is 2. The van der Waals surface area contributed by atoms with Crippen molar-refractivity contribution in [1.29, 1.82) is 0 Å². The minimum atomic E-state index is -0.571. The molecule has 0 bridgehead atoms. The van der Waals surface area contributed by atoms with Gasteiger partial charge in [0.1, 0.15) is 6.04 Å². The maximum atomic E-state index is 13.0. The number of imide groups is 1. The fourth-order valence-electron chi connectivity index (χ4n) is 5.45. The van der Waals surface area contributed by atoms with E-state index in [0.29, 0.717) is 28.6 Å². The number of amides is 3. The second kappa shape index (κ2) is 10.8. The second-order valence-corrected chi connectivity index (χ2v) is 10.5. The van der Waals surface area contributed by atoms with Gasteiger partial charge in [-0.2, -0.15) is 0 Å². The lowest BCUT2D eigenvalue weighted by atomic mass is 9.98. The number of unbranched alkanes of at least 4 members (excludes halogenated alkanes) is 1. The SMILES string of the molecule is O=C1CCC(N2Cc3c(CCCCN4CCN(c5ccc(Cl)c(Cl)c5)CC4)cccc3C2=O)C(=O)N1. The van der Waals surface area contributed by atoms with Gasteiger partial charge in [0.2, 0.25) is 11.8 Å². The van der Waals surface area contributed by atoms with Crippen LogP contribution >= 0.6 is 23.2 Å². The van der Waals surface area contributed by atoms with Gasteiger partial charge in [0.05, 0.1) is 10.0 Å². The zero-order valence-corrected chi connectivity index (χ0v) is 21.7. The van der Waals surface area contributed by atoms with Crippen molar-refractivity contribution in [2.45, 2.75) is 44.7 Å². The van der Waals surface area contributed by atoms with Crippen LogP contribution in [-0.2, 0) is 22.6 Å². The number of rotatable bonds is 7. The summed E-state index contributed by atoms with van der Waals surface area (Å²) in [7, 11) is 0. The van der Waals surface area contributed by atoms with Crippen LogP contribution in [0.3, 0.4) is 0 Å². The number of hydrogen-bond donors (Lipinski definition) is 1. The largest absolute Gasteiger partial charge is 0.369 e. The highest BCUT2D eigenvalue weighted by molar-refractivity contribution is 6.42. The minimum Gasteiger partial charge on any atom is -0.369 e. The van der Waals surface area contributed by atoms with Crippen molar-refractivity contribution in [3.63, 3.8) is 0 Å². The van der Waals surface area contributed by atoms with E-state index in [-0.39, 0.29) is 24.1 Å². The molecule has 2 fully saturated rings. The number of anilines is 1. The molecule has 2 aromatic rings. The first kappa shape index (κ1) is 25.1. The zero-order valence-electron chi connectivity index (χ0n) is 20.1. The van der Waals surface area contributed by atoms with Crippen LogP contribution in [0.4, 0.5) is 5.69 Å². The van der Waals surface area contributed by atoms with Gasteiger partial charge < -0.3 is 9.80 Å². The van der Waals surface area contributed by atoms with Crippen LogP contribution in [0.5, 0.6) is 0 Å². The van der Waals surface area contributed by atoms with Gasteiger partial charge in [0, 0.05) is 50.4 Å². The van der Waals surface area contributed by atoms with Crippen LogP contribution in [0.25, 0.3) is 0 Å². The maximum absolute atomic E-state index is 13.0. The number of halogens is 2. The molecule has 3 amide bonds. The quantitative estimate of drug-likeness (QED) is 0.435. The van der Waals surface area contributed by atoms with Gasteiger partial charge in [-0.25, -0.2) is 0 Å². The highest BCUT2D eigenvalue weighted by atomic mass is 35.5. The van der Waals surface area contributed by atoms with Crippen LogP contribution in [0.1, 0.15) is 47.2 Å². The molecule has 9 heteroatoms. The molecule has 190 valence electrons. The van der Waals surface area contributed by atoms with Crippen LogP contribution in [-0.4, -0.2) is 66.3 Å². The summed E-state index contributed by atoms with van der Waals surface area (Å²) in [6.07, 6.45) is 3.68. The molecule has 2 aromatic carbocycles. The molecule has 1 unspecified atom stereocenters. The van der Waals surface area contributed by atoms with E-state index in [9.17, 15) is 14.4 Å². The molecule has 7 nitrogen and oxygen atoms in total. The summed E-state index contributed by atoms with van der Waals surface area (Å²) in [5, 5.41) is 3.54. The van der Waals surface area contributed by atoms with Crippen molar-refractivity contribution < 1.29 is 14.4 Å². The Balaban J connectivity index is 1.10. The third-order valence-corrected chi connectivity index (χ3v) is 8.23. The number of carbonyl (C=O) groups is 3. The molecule has 0 aliphatic carbocycles. The van der Waals surface area contributed by atoms with Crippen LogP contribution in [0, 0.1) is 0 Å². The number of carbonyl (C=O) groups excluding carboxylic acids is 3. The van der Waals surface area contributed by atoms with Crippen molar-refractivity contribution in [3.8, 4) is 0 Å². The first-order valence-corrected chi connectivity index (χ1v) is 13.3. The third-order valence-electron chi connectivity index (χ3n) is 7.49. The number of piperazine rings is 1. The predicted molar refractivity (Wildman–Crippen MR) is 141 cm³/mol. The lowest BCUT2D eigenvalue weighted by Gasteiger charge is -2.36. The summed E-state index contributed by atoms with van der Waals surface area (Å²) in [6.45, 7) is 5.43. The first-order chi connectivity index (χ1) is 17.4. The van der Waals surface area contributed by atoms with Crippen molar-refractivity contribution in [3.05, 3.63) is 63.1 Å². The second-order valence-electron chi connectivity index (χ2n) is 9.73. The molecular weight excluding hydrogens is 499 g/mol. The van der Waals surface area contributed by atoms with Gasteiger partial charge in [-0.1, -0.05) is 35.3 Å². The van der Waals surface area contributed by atoms with E-state index in [1.54, 1.807) is 4.90 Å². The molecule has 0 radical (unpaired) electrons. The van der Waals surface area contributed by atoms with E-state index in [1.165, 1.54) is 5.56 Å². The van der Waals surface area contributed by atoms with Crippen molar-refractivity contribution in [2.75, 3.05) is 37.6 Å². The van der Waals surface area contributed by atoms with Gasteiger partial charge in [0.25, 0.3) is 5.91 Å². The summed E-state index contributed by atoms with van der Waals surface area (Å²) in [5.41, 5.74) is 4.01. The van der Waals surface area contributed by atoms with E-state index in [2.05, 4.69) is 21.2 Å². The molecule has 0 aromatic heterocycles. The Labute approximate surface area is 221 Å². The topological polar surface area (TPSA) is 73.0 Å². The molecule has 3 aliphatic heterocycles. The Morgan fingerprint density at radius 2 is 1.75 bits per heavy atom. The van der Waals surface area contributed by atoms with Crippen molar-refractivity contribution in [2.24, 2.45) is 0 Å². The standard InChI is InChI=1S/C27H30Cl2N4O3/c28-22-8-7-19(16-23(22)29)32-14-12-31(13-15-32)11-2-1-4-18-5-3-6-20-21(18)17-33(27(20)36)24-9-10-25(34)30-26(24)35/h3,5-8,16,24H,1-2,4,9-15,17H2,(H,30,34,35). The van der Waals surface area contributed by atoms with Gasteiger partial charge in [-0.15, -0.1) is 0 Å². The summed E-state index contributed by atoms with van der Waals surface area (Å²) >= 11 is 12.2. The number of aryl methyl sites for hydroxylation is 1. The van der Waals surface area contributed by atoms with Crippen LogP contribution in [0.2, 0.25) is 10.0 Å². The van der Waals surface area contributed by atoms with E-state index in [0.717, 1.165) is 63.2 Å². The summed E-state index contributed by atoms with van der Waals surface area (Å²) in [5.74, 6) is -0.744. The van der Waals surface area contributed by atoms with Gasteiger partial charge in [-0.3, -0.25) is 24.6 Å². The summed E-state index contributed by atoms with van der Waals surface area (Å²) in [4.78, 5) is 43.3. The molecule has 1 atom stereocenters. The number of fused-ring (bicyclic) bond motifs is 1. The number of hydrogen-bond acceptors (Lipinski definition) is 5. The Morgan fingerprint density at radius 1 is 0.944 bits per heavy atom. The third kappa shape index (κ3) is 5.24. The average Bonchev–Trinajstić information content (AvgIpc) is 3.21. The molecule has 5 rings (SSSR count). The number of nitrogens with one attached hydrogen (secondary N) is 1. The smallest absolute Gasteiger partial charge is 0.255 e. The first-order valence-electron chi connectivity index (χ1n) is 12.6. The van der Waals surface area contributed by atoms with Gasteiger partial charge >= 0.3 is 0 Å².